The minimum Gasteiger partial charge on any atom is -0.394 e. The minimum absolute atomic E-state index is 0.0234. The quantitative estimate of drug-likeness (QED) is 0.619. The first-order valence-corrected chi connectivity index (χ1v) is 8.18. The molecule has 0 aromatic heterocycles. The highest BCUT2D eigenvalue weighted by Gasteiger charge is 2.42. The van der Waals surface area contributed by atoms with Crippen molar-refractivity contribution >= 4 is 8.56 Å². The van der Waals surface area contributed by atoms with Crippen LogP contribution >= 0.6 is 0 Å². The fourth-order valence-electron chi connectivity index (χ4n) is 2.06. The lowest BCUT2D eigenvalue weighted by molar-refractivity contribution is 0.173. The fourth-order valence-corrected chi connectivity index (χ4v) is 5.37. The lowest BCUT2D eigenvalue weighted by Gasteiger charge is -2.36. The smallest absolute Gasteiger partial charge is 0.339 e. The SMILES string of the molecule is CCO[Si](C)(OCC)C(CC)C(N)CN. The van der Waals surface area contributed by atoms with E-state index in [1.54, 1.807) is 0 Å². The van der Waals surface area contributed by atoms with Crippen molar-refractivity contribution in [1.29, 1.82) is 0 Å². The molecule has 4 nitrogen and oxygen atoms in total. The first kappa shape index (κ1) is 15.1. The van der Waals surface area contributed by atoms with Crippen molar-refractivity contribution in [2.75, 3.05) is 19.8 Å². The molecule has 0 heterocycles. The molecule has 0 amide bonds. The first-order chi connectivity index (χ1) is 7.05. The van der Waals surface area contributed by atoms with Gasteiger partial charge >= 0.3 is 8.56 Å². The van der Waals surface area contributed by atoms with Crippen LogP contribution in [-0.2, 0) is 8.85 Å². The lowest BCUT2D eigenvalue weighted by atomic mass is 10.2. The van der Waals surface area contributed by atoms with Crippen molar-refractivity contribution < 1.29 is 8.85 Å². The van der Waals surface area contributed by atoms with Gasteiger partial charge in [-0.2, -0.15) is 0 Å². The van der Waals surface area contributed by atoms with Crippen LogP contribution in [0, 0.1) is 0 Å². The Morgan fingerprint density at radius 2 is 1.60 bits per heavy atom. The second kappa shape index (κ2) is 7.35. The topological polar surface area (TPSA) is 70.5 Å². The predicted molar refractivity (Wildman–Crippen MR) is 65.9 cm³/mol. The molecule has 0 spiro atoms. The third kappa shape index (κ3) is 4.20. The molecule has 0 aliphatic carbocycles. The number of hydrogen-bond donors (Lipinski definition) is 2. The molecule has 0 aromatic carbocycles. The number of rotatable bonds is 8. The van der Waals surface area contributed by atoms with Crippen LogP contribution in [0.2, 0.25) is 12.1 Å². The average molecular weight is 234 g/mol. The van der Waals surface area contributed by atoms with Gasteiger partial charge in [0.25, 0.3) is 0 Å². The van der Waals surface area contributed by atoms with E-state index in [2.05, 4.69) is 13.5 Å². The Hall–Kier alpha value is 0.0569. The molecule has 0 radical (unpaired) electrons. The maximum Gasteiger partial charge on any atom is 0.339 e. The maximum absolute atomic E-state index is 6.02. The molecule has 4 N–H and O–H groups in total. The molecule has 2 atom stereocenters. The Bertz CT molecular complexity index is 164. The van der Waals surface area contributed by atoms with E-state index in [9.17, 15) is 0 Å². The first-order valence-electron chi connectivity index (χ1n) is 5.79. The van der Waals surface area contributed by atoms with E-state index in [4.69, 9.17) is 20.3 Å². The summed E-state index contributed by atoms with van der Waals surface area (Å²) in [5.41, 5.74) is 11.9. The molecule has 0 bridgehead atoms. The zero-order valence-electron chi connectivity index (χ0n) is 10.5. The third-order valence-electron chi connectivity index (χ3n) is 2.76. The van der Waals surface area contributed by atoms with Crippen LogP contribution in [-0.4, -0.2) is 34.4 Å². The van der Waals surface area contributed by atoms with Gasteiger partial charge in [0.05, 0.1) is 0 Å². The molecule has 0 aromatic rings. The average Bonchev–Trinajstić information content (AvgIpc) is 2.19. The highest BCUT2D eigenvalue weighted by atomic mass is 28.4. The monoisotopic (exact) mass is 234 g/mol. The van der Waals surface area contributed by atoms with Crippen molar-refractivity contribution in [2.24, 2.45) is 11.5 Å². The van der Waals surface area contributed by atoms with Crippen molar-refractivity contribution in [3.63, 3.8) is 0 Å². The van der Waals surface area contributed by atoms with Gasteiger partial charge in [-0.05, 0) is 26.8 Å². The van der Waals surface area contributed by atoms with E-state index < -0.39 is 8.56 Å². The number of nitrogens with two attached hydrogens (primary N) is 2. The highest BCUT2D eigenvalue weighted by molar-refractivity contribution is 6.67. The van der Waals surface area contributed by atoms with Crippen molar-refractivity contribution in [2.45, 2.75) is 45.3 Å². The van der Waals surface area contributed by atoms with E-state index in [0.29, 0.717) is 19.8 Å². The van der Waals surface area contributed by atoms with Crippen LogP contribution in [0.5, 0.6) is 0 Å². The summed E-state index contributed by atoms with van der Waals surface area (Å²) in [5.74, 6) is 0. The normalized spacial score (nSPS) is 16.4. The second-order valence-electron chi connectivity index (χ2n) is 3.80. The minimum atomic E-state index is -2.17. The Labute approximate surface area is 94.6 Å². The van der Waals surface area contributed by atoms with Gasteiger partial charge in [-0.3, -0.25) is 0 Å². The number of hydrogen-bond acceptors (Lipinski definition) is 4. The van der Waals surface area contributed by atoms with Crippen LogP contribution in [0.25, 0.3) is 0 Å². The van der Waals surface area contributed by atoms with Gasteiger partial charge < -0.3 is 20.3 Å². The van der Waals surface area contributed by atoms with E-state index in [1.807, 2.05) is 13.8 Å². The third-order valence-corrected chi connectivity index (χ3v) is 6.67. The van der Waals surface area contributed by atoms with Gasteiger partial charge in [0, 0.05) is 31.3 Å². The van der Waals surface area contributed by atoms with Gasteiger partial charge in [0.2, 0.25) is 0 Å². The van der Waals surface area contributed by atoms with E-state index in [1.165, 1.54) is 0 Å². The standard InChI is InChI=1S/C10H26N2O2Si/c1-5-10(9(12)8-11)15(4,13-6-2)14-7-3/h9-10H,5-8,11-12H2,1-4H3. The molecular weight excluding hydrogens is 208 g/mol. The molecule has 15 heavy (non-hydrogen) atoms. The van der Waals surface area contributed by atoms with Crippen LogP contribution < -0.4 is 11.5 Å². The van der Waals surface area contributed by atoms with E-state index >= 15 is 0 Å². The van der Waals surface area contributed by atoms with Gasteiger partial charge in [-0.1, -0.05) is 6.92 Å². The highest BCUT2D eigenvalue weighted by Crippen LogP contribution is 2.29. The molecule has 0 aliphatic heterocycles. The summed E-state index contributed by atoms with van der Waals surface area (Å²) >= 11 is 0. The molecule has 0 aliphatic rings. The summed E-state index contributed by atoms with van der Waals surface area (Å²) in [7, 11) is -2.17. The lowest BCUT2D eigenvalue weighted by Crippen LogP contribution is -2.52. The molecule has 5 heteroatoms. The van der Waals surface area contributed by atoms with Gasteiger partial charge in [-0.15, -0.1) is 0 Å². The Morgan fingerprint density at radius 3 is 1.87 bits per heavy atom. The largest absolute Gasteiger partial charge is 0.394 e. The summed E-state index contributed by atoms with van der Waals surface area (Å²) in [4.78, 5) is 0. The van der Waals surface area contributed by atoms with Crippen LogP contribution in [0.1, 0.15) is 27.2 Å². The van der Waals surface area contributed by atoms with Crippen LogP contribution in [0.4, 0.5) is 0 Å². The molecule has 0 saturated carbocycles. The summed E-state index contributed by atoms with van der Waals surface area (Å²) in [6.45, 7) is 10.0. The second-order valence-corrected chi connectivity index (χ2v) is 7.15. The molecular formula is C10H26N2O2Si. The van der Waals surface area contributed by atoms with Crippen LogP contribution in [0.3, 0.4) is 0 Å². The molecule has 2 unspecified atom stereocenters. The van der Waals surface area contributed by atoms with Gasteiger partial charge in [0.15, 0.2) is 0 Å². The summed E-state index contributed by atoms with van der Waals surface area (Å²) in [6.07, 6.45) is 0.959. The molecule has 0 fully saturated rings. The van der Waals surface area contributed by atoms with Gasteiger partial charge in [-0.25, -0.2) is 0 Å². The van der Waals surface area contributed by atoms with E-state index in [-0.39, 0.29) is 11.6 Å². The van der Waals surface area contributed by atoms with E-state index in [0.717, 1.165) is 6.42 Å². The van der Waals surface area contributed by atoms with Crippen molar-refractivity contribution in [3.8, 4) is 0 Å². The Balaban J connectivity index is 4.67. The Kier molecular flexibility index (Phi) is 7.38. The zero-order chi connectivity index (χ0) is 11.9. The summed E-state index contributed by atoms with van der Waals surface area (Å²) < 4.78 is 11.7. The summed E-state index contributed by atoms with van der Waals surface area (Å²) in [6, 6.07) is -0.0234. The van der Waals surface area contributed by atoms with Crippen molar-refractivity contribution in [1.82, 2.24) is 0 Å². The zero-order valence-corrected chi connectivity index (χ0v) is 11.5. The summed E-state index contributed by atoms with van der Waals surface area (Å²) in [5, 5.41) is 0. The molecule has 0 saturated heterocycles. The predicted octanol–water partition coefficient (Wildman–Crippen LogP) is 1.20. The maximum atomic E-state index is 6.02. The molecule has 0 rings (SSSR count). The van der Waals surface area contributed by atoms with Gasteiger partial charge in [0.1, 0.15) is 0 Å². The fraction of sp³-hybridized carbons (Fsp3) is 1.00. The molecule has 92 valence electrons. The van der Waals surface area contributed by atoms with Crippen molar-refractivity contribution in [3.05, 3.63) is 0 Å². The van der Waals surface area contributed by atoms with Crippen LogP contribution in [0.15, 0.2) is 0 Å². The Morgan fingerprint density at radius 1 is 1.13 bits per heavy atom.